The number of halogens is 3. The largest absolute Gasteiger partial charge is 0.416 e. The van der Waals surface area contributed by atoms with Gasteiger partial charge >= 0.3 is 6.18 Å². The number of benzene rings is 7. The van der Waals surface area contributed by atoms with Crippen molar-refractivity contribution < 1.29 is 13.2 Å². The minimum Gasteiger partial charge on any atom is -0.292 e. The lowest BCUT2D eigenvalue weighted by Crippen LogP contribution is -2.06. The number of hydrogen-bond acceptors (Lipinski definition) is 2. The maximum Gasteiger partial charge on any atom is 0.416 e. The molecule has 0 unspecified atom stereocenters. The Bertz CT molecular complexity index is 2700. The fourth-order valence-corrected chi connectivity index (χ4v) is 7.01. The average Bonchev–Trinajstić information content (AvgIpc) is 3.82. The van der Waals surface area contributed by atoms with E-state index in [1.165, 1.54) is 12.1 Å². The Morgan fingerprint density at radius 2 is 0.833 bits per heavy atom. The highest BCUT2D eigenvalue weighted by atomic mass is 19.4. The minimum absolute atomic E-state index is 0.577. The van der Waals surface area contributed by atoms with Gasteiger partial charge < -0.3 is 0 Å². The number of imidazole rings is 2. The van der Waals surface area contributed by atoms with Crippen molar-refractivity contribution in [3.05, 3.63) is 194 Å². The molecule has 4 nitrogen and oxygen atoms in total. The molecule has 2 aromatic heterocycles. The number of nitrogens with zero attached hydrogens (tertiary/aromatic N) is 4. The van der Waals surface area contributed by atoms with Crippen LogP contribution in [0.25, 0.3) is 78.8 Å². The molecule has 0 aliphatic heterocycles. The van der Waals surface area contributed by atoms with E-state index in [4.69, 9.17) is 9.97 Å². The zero-order chi connectivity index (χ0) is 36.6. The molecule has 9 aromatic rings. The van der Waals surface area contributed by atoms with Gasteiger partial charge in [-0.25, -0.2) is 9.97 Å². The number of hydrogen-bond donors (Lipinski definition) is 0. The maximum atomic E-state index is 13.6. The molecule has 9 rings (SSSR count). The summed E-state index contributed by atoms with van der Waals surface area (Å²) >= 11 is 0. The Kier molecular flexibility index (Phi) is 8.24. The van der Waals surface area contributed by atoms with Crippen LogP contribution >= 0.6 is 0 Å². The Labute approximate surface area is 310 Å². The maximum absolute atomic E-state index is 13.6. The van der Waals surface area contributed by atoms with Gasteiger partial charge in [0, 0.05) is 33.6 Å². The molecule has 0 saturated heterocycles. The fourth-order valence-electron chi connectivity index (χ4n) is 7.01. The van der Waals surface area contributed by atoms with Crippen molar-refractivity contribution in [1.82, 2.24) is 19.1 Å². The summed E-state index contributed by atoms with van der Waals surface area (Å²) in [6.07, 6.45) is -4.45. The van der Waals surface area contributed by atoms with Gasteiger partial charge in [-0.2, -0.15) is 13.2 Å². The quantitative estimate of drug-likeness (QED) is 0.165. The highest BCUT2D eigenvalue weighted by molar-refractivity contribution is 5.86. The van der Waals surface area contributed by atoms with Gasteiger partial charge in [-0.05, 0) is 59.7 Å². The molecule has 0 fully saturated rings. The summed E-state index contributed by atoms with van der Waals surface area (Å²) in [7, 11) is 0. The lowest BCUT2D eigenvalue weighted by atomic mass is 10.0. The van der Waals surface area contributed by atoms with Crippen LogP contribution in [0.2, 0.25) is 0 Å². The van der Waals surface area contributed by atoms with Crippen LogP contribution in [-0.4, -0.2) is 19.1 Å². The lowest BCUT2D eigenvalue weighted by molar-refractivity contribution is -0.137. The Morgan fingerprint density at radius 1 is 0.370 bits per heavy atom. The summed E-state index contributed by atoms with van der Waals surface area (Å²) in [5.41, 5.74) is 10.1. The van der Waals surface area contributed by atoms with E-state index in [0.717, 1.165) is 79.4 Å². The van der Waals surface area contributed by atoms with Crippen molar-refractivity contribution in [2.75, 3.05) is 0 Å². The lowest BCUT2D eigenvalue weighted by Gasteiger charge is -2.15. The summed E-state index contributed by atoms with van der Waals surface area (Å²) in [6, 6.07) is 59.9. The van der Waals surface area contributed by atoms with E-state index in [0.29, 0.717) is 11.5 Å². The summed E-state index contributed by atoms with van der Waals surface area (Å²) in [4.78, 5) is 10.2. The Balaban J connectivity index is 1.13. The first kappa shape index (κ1) is 32.9. The molecule has 0 bridgehead atoms. The van der Waals surface area contributed by atoms with Crippen LogP contribution in [0.5, 0.6) is 0 Å². The standard InChI is InChI=1S/C47H31F3N4/c48-47(49,50)38-28-30-40(31-29-38)54-44(35-14-6-2-7-15-35)43(34-12-4-1-5-13-34)52-46(54)37-26-22-33(23-27-37)32-20-24-36(25-21-32)45-51-41-18-10-11-19-42(41)53(45)39-16-8-3-9-17-39/h1-31H. The molecule has 7 heteroatoms. The average molecular weight is 709 g/mol. The van der Waals surface area contributed by atoms with Crippen LogP contribution in [0.3, 0.4) is 0 Å². The van der Waals surface area contributed by atoms with Crippen LogP contribution < -0.4 is 0 Å². The van der Waals surface area contributed by atoms with Crippen molar-refractivity contribution >= 4 is 11.0 Å². The van der Waals surface area contributed by atoms with Crippen molar-refractivity contribution in [2.45, 2.75) is 6.18 Å². The molecule has 0 radical (unpaired) electrons. The molecular formula is C47H31F3N4. The third-order valence-electron chi connectivity index (χ3n) is 9.62. The topological polar surface area (TPSA) is 35.6 Å². The molecule has 7 aromatic carbocycles. The second-order valence-electron chi connectivity index (χ2n) is 13.0. The van der Waals surface area contributed by atoms with E-state index in [1.807, 2.05) is 114 Å². The predicted octanol–water partition coefficient (Wildman–Crippen LogP) is 12.6. The van der Waals surface area contributed by atoms with Crippen LogP contribution in [0, 0.1) is 0 Å². The van der Waals surface area contributed by atoms with Gasteiger partial charge in [-0.1, -0.05) is 140 Å². The van der Waals surface area contributed by atoms with Crippen LogP contribution in [0.4, 0.5) is 13.2 Å². The summed E-state index contributed by atoms with van der Waals surface area (Å²) < 4.78 is 45.0. The van der Waals surface area contributed by atoms with Gasteiger partial charge in [0.1, 0.15) is 11.6 Å². The predicted molar refractivity (Wildman–Crippen MR) is 210 cm³/mol. The van der Waals surface area contributed by atoms with E-state index < -0.39 is 11.7 Å². The number of para-hydroxylation sites is 3. The SMILES string of the molecule is FC(F)(F)c1ccc(-n2c(-c3ccc(-c4ccc(-c5nc6ccccc6n5-c5ccccc5)cc4)cc3)nc(-c3ccccc3)c2-c2ccccc2)cc1. The minimum atomic E-state index is -4.45. The molecule has 0 N–H and O–H groups in total. The van der Waals surface area contributed by atoms with Gasteiger partial charge in [0.25, 0.3) is 0 Å². The van der Waals surface area contributed by atoms with E-state index in [-0.39, 0.29) is 0 Å². The third-order valence-corrected chi connectivity index (χ3v) is 9.62. The fraction of sp³-hybridized carbons (Fsp3) is 0.0213. The smallest absolute Gasteiger partial charge is 0.292 e. The number of fused-ring (bicyclic) bond motifs is 1. The van der Waals surface area contributed by atoms with E-state index in [2.05, 4.69) is 59.2 Å². The van der Waals surface area contributed by atoms with Crippen molar-refractivity contribution in [3.63, 3.8) is 0 Å². The second-order valence-corrected chi connectivity index (χ2v) is 13.0. The van der Waals surface area contributed by atoms with Crippen molar-refractivity contribution in [3.8, 4) is 67.8 Å². The van der Waals surface area contributed by atoms with E-state index >= 15 is 0 Å². The van der Waals surface area contributed by atoms with Gasteiger partial charge in [-0.15, -0.1) is 0 Å². The monoisotopic (exact) mass is 708 g/mol. The van der Waals surface area contributed by atoms with Gasteiger partial charge in [-0.3, -0.25) is 9.13 Å². The Morgan fingerprint density at radius 3 is 1.41 bits per heavy atom. The van der Waals surface area contributed by atoms with E-state index in [9.17, 15) is 13.2 Å². The normalized spacial score (nSPS) is 11.6. The van der Waals surface area contributed by atoms with Crippen molar-refractivity contribution in [2.24, 2.45) is 0 Å². The Hall–Kier alpha value is -6.99. The molecule has 0 saturated carbocycles. The summed E-state index contributed by atoms with van der Waals surface area (Å²) in [6.45, 7) is 0. The molecule has 0 aliphatic rings. The number of alkyl halides is 3. The number of aromatic nitrogens is 4. The first-order valence-electron chi connectivity index (χ1n) is 17.6. The molecule has 0 spiro atoms. The zero-order valence-electron chi connectivity index (χ0n) is 28.8. The zero-order valence-corrected chi connectivity index (χ0v) is 28.8. The number of rotatable bonds is 7. The summed E-state index contributed by atoms with van der Waals surface area (Å²) in [5, 5.41) is 0. The highest BCUT2D eigenvalue weighted by Crippen LogP contribution is 2.40. The van der Waals surface area contributed by atoms with Gasteiger partial charge in [0.2, 0.25) is 0 Å². The third kappa shape index (κ3) is 6.05. The second kappa shape index (κ2) is 13.5. The van der Waals surface area contributed by atoms with Crippen LogP contribution in [0.1, 0.15) is 5.56 Å². The van der Waals surface area contributed by atoms with E-state index in [1.54, 1.807) is 0 Å². The van der Waals surface area contributed by atoms with Gasteiger partial charge in [0.05, 0.1) is 28.0 Å². The first-order valence-corrected chi connectivity index (χ1v) is 17.6. The molecular weight excluding hydrogens is 678 g/mol. The first-order chi connectivity index (χ1) is 26.4. The molecule has 2 heterocycles. The molecule has 0 atom stereocenters. The highest BCUT2D eigenvalue weighted by Gasteiger charge is 2.30. The van der Waals surface area contributed by atoms with Crippen molar-refractivity contribution in [1.29, 1.82) is 0 Å². The summed E-state index contributed by atoms with van der Waals surface area (Å²) in [5.74, 6) is 1.48. The molecule has 54 heavy (non-hydrogen) atoms. The van der Waals surface area contributed by atoms with Gasteiger partial charge in [0.15, 0.2) is 0 Å². The molecule has 260 valence electrons. The van der Waals surface area contributed by atoms with Crippen LogP contribution in [0.15, 0.2) is 188 Å². The van der Waals surface area contributed by atoms with Crippen LogP contribution in [-0.2, 0) is 6.18 Å². The molecule has 0 aliphatic carbocycles. The molecule has 0 amide bonds.